The molecule has 0 saturated heterocycles. The summed E-state index contributed by atoms with van der Waals surface area (Å²) in [7, 11) is 0. The predicted molar refractivity (Wildman–Crippen MR) is 114 cm³/mol. The van der Waals surface area contributed by atoms with E-state index in [0.29, 0.717) is 22.9 Å². The molecule has 2 N–H and O–H groups in total. The summed E-state index contributed by atoms with van der Waals surface area (Å²) >= 11 is 2.28. The Hall–Kier alpha value is -2.06. The molecule has 0 aliphatic rings. The molecule has 156 valence electrons. The summed E-state index contributed by atoms with van der Waals surface area (Å²) in [4.78, 5) is 24.9. The van der Waals surface area contributed by atoms with Crippen molar-refractivity contribution in [2.75, 3.05) is 24.6 Å². The average molecular weight is 439 g/mol. The van der Waals surface area contributed by atoms with Gasteiger partial charge in [0.05, 0.1) is 11.5 Å². The third kappa shape index (κ3) is 8.45. The molecule has 29 heavy (non-hydrogen) atoms. The number of rotatable bonds is 10. The predicted octanol–water partition coefficient (Wildman–Crippen LogP) is 4.11. The van der Waals surface area contributed by atoms with Crippen molar-refractivity contribution in [1.29, 1.82) is 0 Å². The van der Waals surface area contributed by atoms with Gasteiger partial charge in [0.15, 0.2) is 0 Å². The number of halogens is 2. The molecule has 0 spiro atoms. The SMILES string of the molecule is CC(C)(CNC(=O)CSc1ccccc1F)CNC(=O)CSc1ccccc1F. The van der Waals surface area contributed by atoms with Gasteiger partial charge in [0, 0.05) is 22.9 Å². The van der Waals surface area contributed by atoms with Gasteiger partial charge in [0.2, 0.25) is 11.8 Å². The van der Waals surface area contributed by atoms with E-state index in [1.165, 1.54) is 12.1 Å². The van der Waals surface area contributed by atoms with E-state index >= 15 is 0 Å². The number of hydrogen-bond acceptors (Lipinski definition) is 4. The van der Waals surface area contributed by atoms with Crippen LogP contribution in [0.15, 0.2) is 58.3 Å². The minimum atomic E-state index is -0.364. The molecule has 0 atom stereocenters. The Balaban J connectivity index is 1.68. The van der Waals surface area contributed by atoms with Gasteiger partial charge in [-0.1, -0.05) is 38.1 Å². The number of carbonyl (C=O) groups excluding carboxylic acids is 2. The highest BCUT2D eigenvalue weighted by Gasteiger charge is 2.20. The summed E-state index contributed by atoms with van der Waals surface area (Å²) < 4.78 is 27.1. The number of hydrogen-bond donors (Lipinski definition) is 2. The maximum atomic E-state index is 13.6. The van der Waals surface area contributed by atoms with Gasteiger partial charge in [-0.2, -0.15) is 0 Å². The Morgan fingerprint density at radius 3 is 1.55 bits per heavy atom. The van der Waals surface area contributed by atoms with Crippen LogP contribution in [0, 0.1) is 17.0 Å². The van der Waals surface area contributed by atoms with E-state index in [1.807, 2.05) is 13.8 Å². The van der Waals surface area contributed by atoms with Crippen molar-refractivity contribution in [1.82, 2.24) is 10.6 Å². The van der Waals surface area contributed by atoms with Gasteiger partial charge in [-0.3, -0.25) is 9.59 Å². The molecular formula is C21H24F2N2O2S2. The maximum absolute atomic E-state index is 13.6. The van der Waals surface area contributed by atoms with Crippen molar-refractivity contribution in [3.63, 3.8) is 0 Å². The lowest BCUT2D eigenvalue weighted by Crippen LogP contribution is -2.42. The summed E-state index contributed by atoms with van der Waals surface area (Å²) in [6.07, 6.45) is 0. The summed E-state index contributed by atoms with van der Waals surface area (Å²) in [6, 6.07) is 12.6. The first-order valence-electron chi connectivity index (χ1n) is 9.05. The van der Waals surface area contributed by atoms with Gasteiger partial charge in [-0.15, -0.1) is 23.5 Å². The van der Waals surface area contributed by atoms with Gasteiger partial charge >= 0.3 is 0 Å². The van der Waals surface area contributed by atoms with Crippen LogP contribution in [0.25, 0.3) is 0 Å². The van der Waals surface area contributed by atoms with Crippen molar-refractivity contribution >= 4 is 35.3 Å². The molecule has 2 amide bonds. The smallest absolute Gasteiger partial charge is 0.230 e. The van der Waals surface area contributed by atoms with Crippen LogP contribution in [0.1, 0.15) is 13.8 Å². The standard InChI is InChI=1S/C21H24F2N2O2S2/c1-21(2,13-24-19(26)11-28-17-9-5-3-7-15(17)22)14-25-20(27)12-29-18-10-6-4-8-16(18)23/h3-10H,11-14H2,1-2H3,(H,24,26)(H,25,27). The minimum absolute atomic E-state index is 0.114. The van der Waals surface area contributed by atoms with E-state index in [4.69, 9.17) is 0 Å². The Morgan fingerprint density at radius 1 is 0.793 bits per heavy atom. The lowest BCUT2D eigenvalue weighted by atomic mass is 9.93. The zero-order valence-corrected chi connectivity index (χ0v) is 18.0. The molecule has 0 aliphatic heterocycles. The number of amides is 2. The molecule has 0 heterocycles. The first-order chi connectivity index (χ1) is 13.8. The van der Waals surface area contributed by atoms with Crippen LogP contribution in [0.4, 0.5) is 8.78 Å². The van der Waals surface area contributed by atoms with E-state index in [1.54, 1.807) is 36.4 Å². The second-order valence-corrected chi connectivity index (χ2v) is 9.19. The lowest BCUT2D eigenvalue weighted by Gasteiger charge is -2.25. The molecule has 2 aromatic carbocycles. The van der Waals surface area contributed by atoms with Gasteiger partial charge in [-0.05, 0) is 29.7 Å². The van der Waals surface area contributed by atoms with Crippen LogP contribution in [0.3, 0.4) is 0 Å². The zero-order chi connectivity index (χ0) is 21.3. The van der Waals surface area contributed by atoms with Crippen LogP contribution < -0.4 is 10.6 Å². The second-order valence-electron chi connectivity index (χ2n) is 7.16. The Morgan fingerprint density at radius 2 is 1.17 bits per heavy atom. The van der Waals surface area contributed by atoms with Crippen molar-refractivity contribution in [2.24, 2.45) is 5.41 Å². The Kier molecular flexibility index (Phi) is 8.98. The highest BCUT2D eigenvalue weighted by Crippen LogP contribution is 2.22. The number of nitrogens with one attached hydrogen (secondary N) is 2. The fraction of sp³-hybridized carbons (Fsp3) is 0.333. The van der Waals surface area contributed by atoms with E-state index in [2.05, 4.69) is 10.6 Å². The van der Waals surface area contributed by atoms with Gasteiger partial charge in [0.1, 0.15) is 11.6 Å². The molecule has 4 nitrogen and oxygen atoms in total. The molecule has 0 unspecified atom stereocenters. The van der Waals surface area contributed by atoms with Crippen LogP contribution in [0.2, 0.25) is 0 Å². The third-order valence-corrected chi connectivity index (χ3v) is 6.02. The van der Waals surface area contributed by atoms with Crippen LogP contribution in [0.5, 0.6) is 0 Å². The monoisotopic (exact) mass is 438 g/mol. The first kappa shape index (κ1) is 23.2. The molecule has 0 fully saturated rings. The van der Waals surface area contributed by atoms with Crippen molar-refractivity contribution in [2.45, 2.75) is 23.6 Å². The number of carbonyl (C=O) groups is 2. The third-order valence-electron chi connectivity index (χ3n) is 3.92. The summed E-state index contributed by atoms with van der Waals surface area (Å²) in [6.45, 7) is 4.57. The molecule has 0 bridgehead atoms. The minimum Gasteiger partial charge on any atom is -0.355 e. The highest BCUT2D eigenvalue weighted by atomic mass is 32.2. The summed E-state index contributed by atoms with van der Waals surface area (Å²) in [5, 5.41) is 5.63. The zero-order valence-electron chi connectivity index (χ0n) is 16.3. The van der Waals surface area contributed by atoms with E-state index in [0.717, 1.165) is 23.5 Å². The number of benzene rings is 2. The first-order valence-corrected chi connectivity index (χ1v) is 11.0. The number of thioether (sulfide) groups is 2. The van der Waals surface area contributed by atoms with Crippen LogP contribution in [-0.2, 0) is 9.59 Å². The molecule has 2 aromatic rings. The fourth-order valence-corrected chi connectivity index (χ4v) is 3.79. The van der Waals surface area contributed by atoms with Crippen molar-refractivity contribution < 1.29 is 18.4 Å². The van der Waals surface area contributed by atoms with E-state index in [9.17, 15) is 18.4 Å². The van der Waals surface area contributed by atoms with Crippen molar-refractivity contribution in [3.05, 3.63) is 60.2 Å². The molecule has 0 aliphatic carbocycles. The molecule has 0 radical (unpaired) electrons. The maximum Gasteiger partial charge on any atom is 0.230 e. The quantitative estimate of drug-likeness (QED) is 0.548. The van der Waals surface area contributed by atoms with Crippen LogP contribution in [-0.4, -0.2) is 36.4 Å². The van der Waals surface area contributed by atoms with Gasteiger partial charge in [-0.25, -0.2) is 8.78 Å². The fourth-order valence-electron chi connectivity index (χ4n) is 2.25. The Bertz CT molecular complexity index is 779. The molecule has 2 rings (SSSR count). The summed E-state index contributed by atoms with van der Waals surface area (Å²) in [5.74, 6) is -0.866. The topological polar surface area (TPSA) is 58.2 Å². The Labute approximate surface area is 178 Å². The normalized spacial score (nSPS) is 11.2. The van der Waals surface area contributed by atoms with Gasteiger partial charge in [0.25, 0.3) is 0 Å². The molecule has 0 aromatic heterocycles. The second kappa shape index (κ2) is 11.2. The molecule has 8 heteroatoms. The van der Waals surface area contributed by atoms with Crippen LogP contribution >= 0.6 is 23.5 Å². The van der Waals surface area contributed by atoms with E-state index < -0.39 is 0 Å². The molecule has 0 saturated carbocycles. The lowest BCUT2D eigenvalue weighted by molar-refractivity contribution is -0.119. The largest absolute Gasteiger partial charge is 0.355 e. The molecular weight excluding hydrogens is 414 g/mol. The average Bonchev–Trinajstić information content (AvgIpc) is 2.70. The highest BCUT2D eigenvalue weighted by molar-refractivity contribution is 8.00. The van der Waals surface area contributed by atoms with E-state index in [-0.39, 0.29) is 40.4 Å². The summed E-state index contributed by atoms with van der Waals surface area (Å²) in [5.41, 5.74) is -0.364. The van der Waals surface area contributed by atoms with Gasteiger partial charge < -0.3 is 10.6 Å². The van der Waals surface area contributed by atoms with Crippen molar-refractivity contribution in [3.8, 4) is 0 Å².